The van der Waals surface area contributed by atoms with Crippen LogP contribution in [0.1, 0.15) is 30.3 Å². The zero-order chi connectivity index (χ0) is 25.1. The smallest absolute Gasteiger partial charge is 0.409 e. The third-order valence-electron chi connectivity index (χ3n) is 6.39. The molecule has 4 aromatic rings. The number of unbranched alkanes of at least 4 members (excludes halogenated alkanes) is 1. The number of oxazole rings is 1. The number of carboxylic acid groups (broad SMARTS) is 1. The molecule has 1 fully saturated rings. The predicted molar refractivity (Wildman–Crippen MR) is 136 cm³/mol. The minimum absolute atomic E-state index is 0.125. The van der Waals surface area contributed by atoms with Crippen LogP contribution in [0.4, 0.5) is 10.5 Å². The number of ether oxygens (including phenoxy) is 1. The Balaban J connectivity index is 1.30. The van der Waals surface area contributed by atoms with Crippen molar-refractivity contribution >= 4 is 28.7 Å². The SMILES string of the molecule is CCCCOC(=O)N1CCN(c2ccc(-c3oc(-c4ccc5cc[nH]c5c4)nc3C(=O)O)cc2)CC1. The molecule has 186 valence electrons. The van der Waals surface area contributed by atoms with Crippen LogP contribution in [0.2, 0.25) is 0 Å². The standard InChI is InChI=1S/C27H28N4O5/c1-2-3-16-35-27(34)31-14-12-30(13-15-31)21-8-6-19(7-9-21)24-23(26(32)33)29-25(36-24)20-5-4-18-10-11-28-22(18)17-20/h4-11,17,28H,2-3,12-16H2,1H3,(H,32,33). The molecule has 3 heterocycles. The van der Waals surface area contributed by atoms with Crippen molar-refractivity contribution in [2.75, 3.05) is 37.7 Å². The number of anilines is 1. The molecule has 1 amide bonds. The summed E-state index contributed by atoms with van der Waals surface area (Å²) >= 11 is 0. The van der Waals surface area contributed by atoms with Gasteiger partial charge in [0.2, 0.25) is 5.89 Å². The van der Waals surface area contributed by atoms with Crippen molar-refractivity contribution < 1.29 is 23.8 Å². The van der Waals surface area contributed by atoms with Gasteiger partial charge in [0.05, 0.1) is 6.61 Å². The van der Waals surface area contributed by atoms with Crippen LogP contribution in [-0.4, -0.2) is 64.8 Å². The molecule has 9 nitrogen and oxygen atoms in total. The molecule has 0 aliphatic carbocycles. The van der Waals surface area contributed by atoms with E-state index in [1.807, 2.05) is 54.7 Å². The average Bonchev–Trinajstić information content (AvgIpc) is 3.56. The van der Waals surface area contributed by atoms with Gasteiger partial charge >= 0.3 is 12.1 Å². The van der Waals surface area contributed by atoms with E-state index in [1.54, 1.807) is 4.90 Å². The van der Waals surface area contributed by atoms with E-state index in [1.165, 1.54) is 0 Å². The Morgan fingerprint density at radius 2 is 1.81 bits per heavy atom. The summed E-state index contributed by atoms with van der Waals surface area (Å²) in [4.78, 5) is 35.4. The summed E-state index contributed by atoms with van der Waals surface area (Å²) in [6, 6.07) is 15.2. The number of H-pyrrole nitrogens is 1. The van der Waals surface area contributed by atoms with Crippen molar-refractivity contribution in [1.82, 2.24) is 14.9 Å². The van der Waals surface area contributed by atoms with Gasteiger partial charge < -0.3 is 29.0 Å². The quantitative estimate of drug-likeness (QED) is 0.342. The molecule has 36 heavy (non-hydrogen) atoms. The first-order valence-electron chi connectivity index (χ1n) is 12.1. The fourth-order valence-corrected chi connectivity index (χ4v) is 4.33. The van der Waals surface area contributed by atoms with E-state index in [-0.39, 0.29) is 23.4 Å². The zero-order valence-corrected chi connectivity index (χ0v) is 20.1. The Kier molecular flexibility index (Phi) is 6.62. The van der Waals surface area contributed by atoms with Gasteiger partial charge in [0.15, 0.2) is 11.5 Å². The Bertz CT molecular complexity index is 1370. The van der Waals surface area contributed by atoms with Crippen LogP contribution < -0.4 is 4.90 Å². The molecule has 1 saturated heterocycles. The number of carbonyl (C=O) groups excluding carboxylic acids is 1. The predicted octanol–water partition coefficient (Wildman–Crippen LogP) is 5.25. The van der Waals surface area contributed by atoms with Gasteiger partial charge in [-0.15, -0.1) is 0 Å². The zero-order valence-electron chi connectivity index (χ0n) is 20.1. The molecule has 0 bridgehead atoms. The van der Waals surface area contributed by atoms with Crippen LogP contribution in [0.5, 0.6) is 0 Å². The summed E-state index contributed by atoms with van der Waals surface area (Å²) in [5.41, 5.74) is 3.12. The van der Waals surface area contributed by atoms with Crippen molar-refractivity contribution in [2.45, 2.75) is 19.8 Å². The molecule has 2 aromatic heterocycles. The summed E-state index contributed by atoms with van der Waals surface area (Å²) in [6.07, 6.45) is 3.45. The topological polar surface area (TPSA) is 112 Å². The highest BCUT2D eigenvalue weighted by Gasteiger charge is 2.24. The maximum Gasteiger partial charge on any atom is 0.409 e. The number of amides is 1. The van der Waals surface area contributed by atoms with E-state index in [0.29, 0.717) is 43.9 Å². The Labute approximate surface area is 208 Å². The first kappa shape index (κ1) is 23.5. The van der Waals surface area contributed by atoms with Gasteiger partial charge in [0.25, 0.3) is 0 Å². The molecule has 0 atom stereocenters. The number of hydrogen-bond acceptors (Lipinski definition) is 6. The number of nitrogens with zero attached hydrogens (tertiary/aromatic N) is 3. The minimum Gasteiger partial charge on any atom is -0.476 e. The highest BCUT2D eigenvalue weighted by Crippen LogP contribution is 2.32. The number of aromatic nitrogens is 2. The number of hydrogen-bond donors (Lipinski definition) is 2. The van der Waals surface area contributed by atoms with E-state index in [4.69, 9.17) is 9.15 Å². The molecule has 2 aromatic carbocycles. The normalized spacial score (nSPS) is 13.8. The number of aromatic carboxylic acids is 1. The summed E-state index contributed by atoms with van der Waals surface area (Å²) < 4.78 is 11.3. The van der Waals surface area contributed by atoms with E-state index < -0.39 is 5.97 Å². The van der Waals surface area contributed by atoms with Crippen LogP contribution in [-0.2, 0) is 4.74 Å². The molecule has 0 spiro atoms. The number of rotatable bonds is 7. The van der Waals surface area contributed by atoms with Gasteiger partial charge in [-0.2, -0.15) is 0 Å². The highest BCUT2D eigenvalue weighted by molar-refractivity contribution is 5.93. The van der Waals surface area contributed by atoms with Crippen LogP contribution >= 0.6 is 0 Å². The van der Waals surface area contributed by atoms with Crippen molar-refractivity contribution in [3.8, 4) is 22.8 Å². The second kappa shape index (κ2) is 10.2. The average molecular weight is 489 g/mol. The first-order valence-corrected chi connectivity index (χ1v) is 12.1. The summed E-state index contributed by atoms with van der Waals surface area (Å²) in [6.45, 7) is 5.08. The second-order valence-corrected chi connectivity index (χ2v) is 8.77. The van der Waals surface area contributed by atoms with Crippen molar-refractivity contribution in [1.29, 1.82) is 0 Å². The number of fused-ring (bicyclic) bond motifs is 1. The van der Waals surface area contributed by atoms with E-state index in [2.05, 4.69) is 21.8 Å². The van der Waals surface area contributed by atoms with Crippen LogP contribution in [0.3, 0.4) is 0 Å². The van der Waals surface area contributed by atoms with E-state index >= 15 is 0 Å². The molecule has 0 unspecified atom stereocenters. The number of piperazine rings is 1. The molecular formula is C27H28N4O5. The molecule has 1 aliphatic heterocycles. The molecule has 1 aliphatic rings. The largest absolute Gasteiger partial charge is 0.476 e. The van der Waals surface area contributed by atoms with Gasteiger partial charge in [-0.3, -0.25) is 0 Å². The van der Waals surface area contributed by atoms with Gasteiger partial charge in [-0.05, 0) is 54.3 Å². The molecule has 5 rings (SSSR count). The summed E-state index contributed by atoms with van der Waals surface area (Å²) in [7, 11) is 0. The lowest BCUT2D eigenvalue weighted by Gasteiger charge is -2.35. The van der Waals surface area contributed by atoms with Crippen molar-refractivity contribution in [3.05, 3.63) is 60.4 Å². The van der Waals surface area contributed by atoms with Crippen LogP contribution in [0.25, 0.3) is 33.7 Å². The number of carboxylic acids is 1. The van der Waals surface area contributed by atoms with Crippen molar-refractivity contribution in [2.24, 2.45) is 0 Å². The van der Waals surface area contributed by atoms with Crippen molar-refractivity contribution in [3.63, 3.8) is 0 Å². The lowest BCUT2D eigenvalue weighted by molar-refractivity contribution is 0.0691. The number of aromatic amines is 1. The van der Waals surface area contributed by atoms with Gasteiger partial charge in [-0.1, -0.05) is 19.4 Å². The van der Waals surface area contributed by atoms with Gasteiger partial charge in [-0.25, -0.2) is 14.6 Å². The van der Waals surface area contributed by atoms with Crippen LogP contribution in [0, 0.1) is 0 Å². The second-order valence-electron chi connectivity index (χ2n) is 8.77. The maximum atomic E-state index is 12.2. The van der Waals surface area contributed by atoms with Gasteiger partial charge in [0.1, 0.15) is 0 Å². The number of carbonyl (C=O) groups is 2. The third kappa shape index (κ3) is 4.77. The Morgan fingerprint density at radius 1 is 1.06 bits per heavy atom. The Morgan fingerprint density at radius 3 is 2.53 bits per heavy atom. The Hall–Kier alpha value is -4.27. The van der Waals surface area contributed by atoms with E-state index in [9.17, 15) is 14.7 Å². The van der Waals surface area contributed by atoms with Gasteiger partial charge in [0, 0.05) is 54.7 Å². The molecule has 0 radical (unpaired) electrons. The fraction of sp³-hybridized carbons (Fsp3) is 0.296. The highest BCUT2D eigenvalue weighted by atomic mass is 16.6. The first-order chi connectivity index (χ1) is 17.5. The fourth-order valence-electron chi connectivity index (χ4n) is 4.33. The number of nitrogens with one attached hydrogen (secondary N) is 1. The lowest BCUT2D eigenvalue weighted by atomic mass is 10.1. The molecule has 0 saturated carbocycles. The minimum atomic E-state index is -1.15. The van der Waals surface area contributed by atoms with E-state index in [0.717, 1.165) is 29.4 Å². The van der Waals surface area contributed by atoms with Crippen LogP contribution in [0.15, 0.2) is 59.1 Å². The molecule has 9 heteroatoms. The summed E-state index contributed by atoms with van der Waals surface area (Å²) in [5.74, 6) is -0.674. The monoisotopic (exact) mass is 488 g/mol. The molecule has 2 N–H and O–H groups in total. The third-order valence-corrected chi connectivity index (χ3v) is 6.39. The molecular weight excluding hydrogens is 460 g/mol. The number of benzene rings is 2. The summed E-state index contributed by atoms with van der Waals surface area (Å²) in [5, 5.41) is 10.8. The lowest BCUT2D eigenvalue weighted by Crippen LogP contribution is -2.49. The maximum absolute atomic E-state index is 12.2.